The third-order valence-corrected chi connectivity index (χ3v) is 4.41. The Morgan fingerprint density at radius 1 is 0.783 bits per heavy atom. The second kappa shape index (κ2) is 10.8. The van der Waals surface area contributed by atoms with Crippen LogP contribution in [0.1, 0.15) is 79.6 Å². The highest BCUT2D eigenvalue weighted by molar-refractivity contribution is 7.46. The minimum absolute atomic E-state index is 0.0296. The molecule has 0 unspecified atom stereocenters. The Labute approximate surface area is 142 Å². The van der Waals surface area contributed by atoms with Gasteiger partial charge in [0.1, 0.15) is 0 Å². The van der Waals surface area contributed by atoms with E-state index in [0.717, 1.165) is 38.9 Å². The summed E-state index contributed by atoms with van der Waals surface area (Å²) in [5.74, 6) is 0. The van der Waals surface area contributed by atoms with Gasteiger partial charge in [-0.3, -0.25) is 4.52 Å². The van der Waals surface area contributed by atoms with Crippen LogP contribution in [0.25, 0.3) is 0 Å². The summed E-state index contributed by atoms with van der Waals surface area (Å²) in [6.45, 7) is 12.7. The largest absolute Gasteiger partial charge is 0.469 e. The summed E-state index contributed by atoms with van der Waals surface area (Å²) in [6.07, 6.45) is 7.32. The van der Waals surface area contributed by atoms with Gasteiger partial charge in [-0.25, -0.2) is 4.57 Å². The summed E-state index contributed by atoms with van der Waals surface area (Å²) in [5.41, 5.74) is 0.441. The minimum Gasteiger partial charge on any atom is -0.381 e. The predicted molar refractivity (Wildman–Crippen MR) is 94.4 cm³/mol. The molecule has 23 heavy (non-hydrogen) atoms. The van der Waals surface area contributed by atoms with Gasteiger partial charge in [0, 0.05) is 13.2 Å². The topological polar surface area (TPSA) is 76.0 Å². The van der Waals surface area contributed by atoms with Gasteiger partial charge in [-0.2, -0.15) is 0 Å². The van der Waals surface area contributed by atoms with Crippen molar-refractivity contribution >= 4 is 7.82 Å². The number of phosphoric acid groups is 1. The van der Waals surface area contributed by atoms with Crippen molar-refractivity contribution in [3.8, 4) is 0 Å². The molecule has 0 saturated carbocycles. The van der Waals surface area contributed by atoms with Crippen LogP contribution in [0.3, 0.4) is 0 Å². The standard InChI is InChI=1S/C17H37O5P/c1-16(2,3)10-6-8-13-21-14-9-7-11-17(4,5)12-15-22-23(18,19)20/h6-15H2,1-5H3,(H2,18,19,20). The smallest absolute Gasteiger partial charge is 0.381 e. The van der Waals surface area contributed by atoms with Crippen LogP contribution < -0.4 is 0 Å². The molecule has 0 aromatic heterocycles. The fourth-order valence-electron chi connectivity index (χ4n) is 2.34. The number of hydrogen-bond donors (Lipinski definition) is 2. The first-order chi connectivity index (χ1) is 10.4. The SMILES string of the molecule is CC(C)(C)CCCCOCCCCC(C)(C)CCOP(=O)(O)O. The van der Waals surface area contributed by atoms with Crippen LogP contribution >= 0.6 is 7.82 Å². The monoisotopic (exact) mass is 352 g/mol. The molecule has 0 aliphatic carbocycles. The van der Waals surface area contributed by atoms with E-state index in [-0.39, 0.29) is 12.0 Å². The van der Waals surface area contributed by atoms with Crippen LogP contribution in [0.2, 0.25) is 0 Å². The van der Waals surface area contributed by atoms with Crippen molar-refractivity contribution in [1.82, 2.24) is 0 Å². The van der Waals surface area contributed by atoms with E-state index in [9.17, 15) is 4.57 Å². The lowest BCUT2D eigenvalue weighted by Crippen LogP contribution is -2.14. The van der Waals surface area contributed by atoms with Crippen molar-refractivity contribution in [2.45, 2.75) is 79.6 Å². The molecule has 0 fully saturated rings. The molecule has 0 heterocycles. The summed E-state index contributed by atoms with van der Waals surface area (Å²) >= 11 is 0. The van der Waals surface area contributed by atoms with Crippen molar-refractivity contribution in [1.29, 1.82) is 0 Å². The van der Waals surface area contributed by atoms with Crippen molar-refractivity contribution in [3.05, 3.63) is 0 Å². The molecular formula is C17H37O5P. The molecule has 0 aliphatic rings. The van der Waals surface area contributed by atoms with Crippen LogP contribution in [0.5, 0.6) is 0 Å². The predicted octanol–water partition coefficient (Wildman–Crippen LogP) is 4.92. The number of phosphoric ester groups is 1. The summed E-state index contributed by atoms with van der Waals surface area (Å²) in [6, 6.07) is 0. The van der Waals surface area contributed by atoms with Crippen LogP contribution in [-0.4, -0.2) is 29.6 Å². The third kappa shape index (κ3) is 18.3. The average molecular weight is 352 g/mol. The van der Waals surface area contributed by atoms with Gasteiger partial charge in [0.2, 0.25) is 0 Å². The van der Waals surface area contributed by atoms with Crippen molar-refractivity contribution in [3.63, 3.8) is 0 Å². The van der Waals surface area contributed by atoms with E-state index in [1.165, 1.54) is 12.8 Å². The lowest BCUT2D eigenvalue weighted by molar-refractivity contribution is 0.118. The molecule has 0 spiro atoms. The van der Waals surface area contributed by atoms with Crippen LogP contribution in [0.4, 0.5) is 0 Å². The van der Waals surface area contributed by atoms with Gasteiger partial charge in [0.25, 0.3) is 0 Å². The second-order valence-electron chi connectivity index (χ2n) is 8.33. The van der Waals surface area contributed by atoms with Gasteiger partial charge >= 0.3 is 7.82 Å². The lowest BCUT2D eigenvalue weighted by atomic mass is 9.84. The van der Waals surface area contributed by atoms with Gasteiger partial charge in [-0.1, -0.05) is 47.5 Å². The number of rotatable bonds is 13. The van der Waals surface area contributed by atoms with E-state index in [0.29, 0.717) is 11.8 Å². The zero-order valence-electron chi connectivity index (χ0n) is 15.6. The zero-order valence-corrected chi connectivity index (χ0v) is 16.5. The summed E-state index contributed by atoms with van der Waals surface area (Å²) < 4.78 is 20.8. The first-order valence-electron chi connectivity index (χ1n) is 8.69. The van der Waals surface area contributed by atoms with E-state index in [4.69, 9.17) is 14.5 Å². The number of hydrogen-bond acceptors (Lipinski definition) is 3. The summed E-state index contributed by atoms with van der Waals surface area (Å²) in [4.78, 5) is 17.3. The Balaban J connectivity index is 3.50. The molecule has 0 atom stereocenters. The number of ether oxygens (including phenoxy) is 1. The van der Waals surface area contributed by atoms with Crippen molar-refractivity contribution in [2.75, 3.05) is 19.8 Å². The Morgan fingerprint density at radius 3 is 1.78 bits per heavy atom. The molecule has 5 nitrogen and oxygen atoms in total. The van der Waals surface area contributed by atoms with E-state index < -0.39 is 7.82 Å². The van der Waals surface area contributed by atoms with E-state index in [2.05, 4.69) is 39.1 Å². The highest BCUT2D eigenvalue weighted by Gasteiger charge is 2.20. The first kappa shape index (κ1) is 23.1. The zero-order chi connectivity index (χ0) is 18.0. The molecule has 0 bridgehead atoms. The maximum Gasteiger partial charge on any atom is 0.469 e. The highest BCUT2D eigenvalue weighted by Crippen LogP contribution is 2.37. The Hall–Kier alpha value is 0.0700. The lowest BCUT2D eigenvalue weighted by Gasteiger charge is -2.24. The molecule has 0 aliphatic heterocycles. The first-order valence-corrected chi connectivity index (χ1v) is 10.2. The van der Waals surface area contributed by atoms with Crippen LogP contribution in [-0.2, 0) is 13.8 Å². The molecule has 140 valence electrons. The average Bonchev–Trinajstić information content (AvgIpc) is 2.33. The van der Waals surface area contributed by atoms with Crippen molar-refractivity contribution in [2.24, 2.45) is 10.8 Å². The number of unbranched alkanes of at least 4 members (excludes halogenated alkanes) is 2. The molecule has 0 aromatic rings. The maximum atomic E-state index is 10.6. The van der Waals surface area contributed by atoms with Gasteiger partial charge in [-0.15, -0.1) is 0 Å². The Bertz CT molecular complexity index is 343. The van der Waals surface area contributed by atoms with Crippen LogP contribution in [0, 0.1) is 10.8 Å². The molecule has 0 aromatic carbocycles. The van der Waals surface area contributed by atoms with Gasteiger partial charge in [0.15, 0.2) is 0 Å². The molecule has 0 rings (SSSR count). The van der Waals surface area contributed by atoms with E-state index in [1.54, 1.807) is 0 Å². The molecule has 0 radical (unpaired) electrons. The Kier molecular flexibility index (Phi) is 10.9. The minimum atomic E-state index is -4.33. The fourth-order valence-corrected chi connectivity index (χ4v) is 2.66. The normalized spacial score (nSPS) is 13.5. The molecule has 6 heteroatoms. The molecule has 0 saturated heterocycles. The highest BCUT2D eigenvalue weighted by atomic mass is 31.2. The summed E-state index contributed by atoms with van der Waals surface area (Å²) in [7, 11) is -4.33. The van der Waals surface area contributed by atoms with Crippen molar-refractivity contribution < 1.29 is 23.6 Å². The van der Waals surface area contributed by atoms with Gasteiger partial charge < -0.3 is 14.5 Å². The molecule has 2 N–H and O–H groups in total. The Morgan fingerprint density at radius 2 is 1.30 bits per heavy atom. The van der Waals surface area contributed by atoms with Crippen LogP contribution in [0.15, 0.2) is 0 Å². The van der Waals surface area contributed by atoms with E-state index >= 15 is 0 Å². The molecule has 0 amide bonds. The second-order valence-corrected chi connectivity index (χ2v) is 9.56. The maximum absolute atomic E-state index is 10.6. The summed E-state index contributed by atoms with van der Waals surface area (Å²) in [5, 5.41) is 0. The van der Waals surface area contributed by atoms with Gasteiger partial charge in [-0.05, 0) is 42.9 Å². The third-order valence-electron chi connectivity index (χ3n) is 3.90. The molecular weight excluding hydrogens is 315 g/mol. The van der Waals surface area contributed by atoms with E-state index in [1.807, 2.05) is 0 Å². The quantitative estimate of drug-likeness (QED) is 0.364. The fraction of sp³-hybridized carbons (Fsp3) is 1.00. The van der Waals surface area contributed by atoms with Gasteiger partial charge in [0.05, 0.1) is 6.61 Å².